The zero-order chi connectivity index (χ0) is 21.0. The molecule has 0 unspecified atom stereocenters. The van der Waals surface area contributed by atoms with E-state index in [2.05, 4.69) is 0 Å². The molecular formula is C21H20FNO6. The molecule has 1 heterocycles. The monoisotopic (exact) mass is 401 g/mol. The number of anilines is 1. The van der Waals surface area contributed by atoms with Gasteiger partial charge in [0, 0.05) is 24.6 Å². The predicted octanol–water partition coefficient (Wildman–Crippen LogP) is 2.62. The summed E-state index contributed by atoms with van der Waals surface area (Å²) in [7, 11) is 3.00. The molecule has 1 amide bonds. The third-order valence-electron chi connectivity index (χ3n) is 4.65. The molecule has 1 aliphatic rings. The number of hydrogen-bond donors (Lipinski definition) is 0. The summed E-state index contributed by atoms with van der Waals surface area (Å²) in [5.74, 6) is -1.47. The van der Waals surface area contributed by atoms with Crippen molar-refractivity contribution >= 4 is 23.3 Å². The molecule has 7 nitrogen and oxygen atoms in total. The van der Waals surface area contributed by atoms with Gasteiger partial charge in [0.15, 0.2) is 12.4 Å². The van der Waals surface area contributed by atoms with Gasteiger partial charge in [-0.2, -0.15) is 0 Å². The Morgan fingerprint density at radius 3 is 2.48 bits per heavy atom. The predicted molar refractivity (Wildman–Crippen MR) is 102 cm³/mol. The van der Waals surface area contributed by atoms with Crippen LogP contribution in [0.4, 0.5) is 10.1 Å². The number of halogens is 1. The number of Topliss-reactive ketones (excluding diaryl/α,β-unsaturated/α-hetero) is 1. The van der Waals surface area contributed by atoms with Crippen LogP contribution in [0.2, 0.25) is 0 Å². The summed E-state index contributed by atoms with van der Waals surface area (Å²) in [5.41, 5.74) is 0.766. The van der Waals surface area contributed by atoms with Crippen molar-refractivity contribution in [1.29, 1.82) is 0 Å². The summed E-state index contributed by atoms with van der Waals surface area (Å²) in [6.07, 6.45) is -0.0290. The Morgan fingerprint density at radius 1 is 1.10 bits per heavy atom. The van der Waals surface area contributed by atoms with Gasteiger partial charge in [0.25, 0.3) is 0 Å². The molecule has 2 aromatic carbocycles. The van der Waals surface area contributed by atoms with Crippen molar-refractivity contribution in [2.45, 2.75) is 6.42 Å². The number of benzene rings is 2. The van der Waals surface area contributed by atoms with Gasteiger partial charge in [-0.3, -0.25) is 14.4 Å². The van der Waals surface area contributed by atoms with Crippen molar-refractivity contribution < 1.29 is 33.0 Å². The van der Waals surface area contributed by atoms with Gasteiger partial charge in [-0.05, 0) is 36.4 Å². The molecule has 1 aliphatic heterocycles. The van der Waals surface area contributed by atoms with Crippen LogP contribution in [0.1, 0.15) is 16.8 Å². The van der Waals surface area contributed by atoms with Gasteiger partial charge in [0.2, 0.25) is 5.91 Å². The van der Waals surface area contributed by atoms with E-state index in [1.54, 1.807) is 18.2 Å². The van der Waals surface area contributed by atoms with Gasteiger partial charge < -0.3 is 19.1 Å². The maximum absolute atomic E-state index is 12.9. The molecular weight excluding hydrogens is 381 g/mol. The normalized spacial score (nSPS) is 15.9. The van der Waals surface area contributed by atoms with Crippen LogP contribution < -0.4 is 14.4 Å². The molecule has 3 rings (SSSR count). The fourth-order valence-electron chi connectivity index (χ4n) is 3.08. The molecule has 1 saturated heterocycles. The molecule has 152 valence electrons. The molecule has 0 spiro atoms. The fourth-order valence-corrected chi connectivity index (χ4v) is 3.08. The minimum atomic E-state index is -0.699. The van der Waals surface area contributed by atoms with E-state index in [9.17, 15) is 18.8 Å². The standard InChI is InChI=1S/C21H20FNO6/c1-27-16-7-8-17(19(10-16)28-2)23-11-14(9-20(23)25)21(26)29-12-18(24)13-3-5-15(22)6-4-13/h3-8,10,14H,9,11-12H2,1-2H3/t14-/m0/s1. The average Bonchev–Trinajstić information content (AvgIpc) is 3.13. The molecule has 0 saturated carbocycles. The van der Waals surface area contributed by atoms with Gasteiger partial charge in [0.05, 0.1) is 25.8 Å². The minimum absolute atomic E-state index is 0.0290. The summed E-state index contributed by atoms with van der Waals surface area (Å²) in [6.45, 7) is -0.355. The van der Waals surface area contributed by atoms with E-state index >= 15 is 0 Å². The van der Waals surface area contributed by atoms with E-state index in [1.807, 2.05) is 0 Å². The number of ketones is 1. The van der Waals surface area contributed by atoms with Crippen LogP contribution in [0.3, 0.4) is 0 Å². The number of methoxy groups -OCH3 is 2. The second kappa shape index (κ2) is 8.72. The summed E-state index contributed by atoms with van der Waals surface area (Å²) in [6, 6.07) is 9.98. The molecule has 0 aliphatic carbocycles. The second-order valence-electron chi connectivity index (χ2n) is 6.48. The second-order valence-corrected chi connectivity index (χ2v) is 6.48. The van der Waals surface area contributed by atoms with Crippen LogP contribution in [-0.2, 0) is 14.3 Å². The first-order chi connectivity index (χ1) is 13.9. The third kappa shape index (κ3) is 4.53. The van der Waals surface area contributed by atoms with E-state index in [-0.39, 0.29) is 24.4 Å². The van der Waals surface area contributed by atoms with Gasteiger partial charge in [-0.1, -0.05) is 0 Å². The number of nitrogens with zero attached hydrogens (tertiary/aromatic N) is 1. The van der Waals surface area contributed by atoms with Gasteiger partial charge in [0.1, 0.15) is 17.3 Å². The molecule has 29 heavy (non-hydrogen) atoms. The summed E-state index contributed by atoms with van der Waals surface area (Å²) >= 11 is 0. The van der Waals surface area contributed by atoms with Crippen molar-refractivity contribution in [2.75, 3.05) is 32.3 Å². The van der Waals surface area contributed by atoms with Crippen molar-refractivity contribution in [3.05, 3.63) is 53.8 Å². The van der Waals surface area contributed by atoms with E-state index in [4.69, 9.17) is 14.2 Å². The van der Waals surface area contributed by atoms with E-state index < -0.39 is 30.1 Å². The number of rotatable bonds is 7. The molecule has 1 fully saturated rings. The lowest BCUT2D eigenvalue weighted by Crippen LogP contribution is -2.27. The fraction of sp³-hybridized carbons (Fsp3) is 0.286. The maximum Gasteiger partial charge on any atom is 0.311 e. The van der Waals surface area contributed by atoms with Crippen LogP contribution in [0.15, 0.2) is 42.5 Å². The number of esters is 1. The third-order valence-corrected chi connectivity index (χ3v) is 4.65. The number of hydrogen-bond acceptors (Lipinski definition) is 6. The van der Waals surface area contributed by atoms with Crippen LogP contribution in [0, 0.1) is 11.7 Å². The van der Waals surface area contributed by atoms with E-state index in [0.717, 1.165) is 12.1 Å². The van der Waals surface area contributed by atoms with Crippen LogP contribution in [0.25, 0.3) is 0 Å². The van der Waals surface area contributed by atoms with E-state index in [1.165, 1.54) is 31.3 Å². The Bertz CT molecular complexity index is 927. The van der Waals surface area contributed by atoms with Crippen molar-refractivity contribution in [3.63, 3.8) is 0 Å². The molecule has 0 aromatic heterocycles. The quantitative estimate of drug-likeness (QED) is 0.524. The Labute approximate surface area is 167 Å². The van der Waals surface area contributed by atoms with Gasteiger partial charge in [-0.25, -0.2) is 4.39 Å². The lowest BCUT2D eigenvalue weighted by molar-refractivity contribution is -0.147. The zero-order valence-corrected chi connectivity index (χ0v) is 16.0. The Kier molecular flexibility index (Phi) is 6.11. The zero-order valence-electron chi connectivity index (χ0n) is 16.0. The highest BCUT2D eigenvalue weighted by Gasteiger charge is 2.37. The Morgan fingerprint density at radius 2 is 1.83 bits per heavy atom. The molecule has 0 N–H and O–H groups in total. The summed E-state index contributed by atoms with van der Waals surface area (Å²) in [4.78, 5) is 38.3. The Hall–Kier alpha value is -3.42. The maximum atomic E-state index is 12.9. The average molecular weight is 401 g/mol. The van der Waals surface area contributed by atoms with Crippen LogP contribution >= 0.6 is 0 Å². The lowest BCUT2D eigenvalue weighted by atomic mass is 10.1. The number of carbonyl (C=O) groups excluding carboxylic acids is 3. The lowest BCUT2D eigenvalue weighted by Gasteiger charge is -2.20. The molecule has 0 radical (unpaired) electrons. The molecule has 8 heteroatoms. The topological polar surface area (TPSA) is 82.1 Å². The SMILES string of the molecule is COc1ccc(N2C[C@@H](C(=O)OCC(=O)c3ccc(F)cc3)CC2=O)c(OC)c1. The highest BCUT2D eigenvalue weighted by Crippen LogP contribution is 2.36. The summed E-state index contributed by atoms with van der Waals surface area (Å²) < 4.78 is 28.5. The molecule has 0 bridgehead atoms. The number of amides is 1. The highest BCUT2D eigenvalue weighted by molar-refractivity contribution is 6.01. The first kappa shape index (κ1) is 20.3. The first-order valence-corrected chi connectivity index (χ1v) is 8.90. The van der Waals surface area contributed by atoms with Crippen LogP contribution in [-0.4, -0.2) is 45.0 Å². The number of carbonyl (C=O) groups is 3. The number of ether oxygens (including phenoxy) is 3. The van der Waals surface area contributed by atoms with Gasteiger partial charge in [-0.15, -0.1) is 0 Å². The van der Waals surface area contributed by atoms with Crippen molar-refractivity contribution in [2.24, 2.45) is 5.92 Å². The van der Waals surface area contributed by atoms with E-state index in [0.29, 0.717) is 17.2 Å². The van der Waals surface area contributed by atoms with Crippen LogP contribution in [0.5, 0.6) is 11.5 Å². The highest BCUT2D eigenvalue weighted by atomic mass is 19.1. The molecule has 1 atom stereocenters. The first-order valence-electron chi connectivity index (χ1n) is 8.90. The van der Waals surface area contributed by atoms with Gasteiger partial charge >= 0.3 is 5.97 Å². The van der Waals surface area contributed by atoms with Crippen molar-refractivity contribution in [1.82, 2.24) is 0 Å². The smallest absolute Gasteiger partial charge is 0.311 e. The molecule has 2 aromatic rings. The minimum Gasteiger partial charge on any atom is -0.497 e. The summed E-state index contributed by atoms with van der Waals surface area (Å²) in [5, 5.41) is 0. The Balaban J connectivity index is 1.63. The largest absolute Gasteiger partial charge is 0.497 e. The van der Waals surface area contributed by atoms with Crippen molar-refractivity contribution in [3.8, 4) is 11.5 Å².